The maximum absolute atomic E-state index is 5.40. The largest absolute Gasteiger partial charge is 0.379 e. The molecule has 1 fully saturated rings. The first kappa shape index (κ1) is 14.1. The number of hydrogen-bond donors (Lipinski definition) is 1. The first-order valence-corrected chi connectivity index (χ1v) is 7.78. The molecule has 1 aliphatic carbocycles. The molecule has 1 N–H and O–H groups in total. The molecule has 1 saturated heterocycles. The second-order valence-corrected chi connectivity index (χ2v) is 6.71. The Labute approximate surface area is 122 Å². The molecular formula is C17H26N2O. The lowest BCUT2D eigenvalue weighted by Gasteiger charge is -2.31. The fraction of sp³-hybridized carbons (Fsp3) is 0.647. The fourth-order valence-electron chi connectivity index (χ4n) is 3.57. The van der Waals surface area contributed by atoms with Crippen molar-refractivity contribution in [1.82, 2.24) is 10.2 Å². The van der Waals surface area contributed by atoms with Crippen molar-refractivity contribution in [2.75, 3.05) is 39.4 Å². The molecule has 3 rings (SSSR count). The van der Waals surface area contributed by atoms with E-state index in [1.807, 2.05) is 0 Å². The topological polar surface area (TPSA) is 24.5 Å². The molecule has 20 heavy (non-hydrogen) atoms. The summed E-state index contributed by atoms with van der Waals surface area (Å²) >= 11 is 0. The summed E-state index contributed by atoms with van der Waals surface area (Å²) in [6.45, 7) is 10.9. The number of ether oxygens (including phenoxy) is 1. The van der Waals surface area contributed by atoms with E-state index in [0.717, 1.165) is 39.4 Å². The molecule has 0 aromatic heterocycles. The third kappa shape index (κ3) is 2.90. The Bertz CT molecular complexity index is 452. The predicted molar refractivity (Wildman–Crippen MR) is 81.9 cm³/mol. The van der Waals surface area contributed by atoms with Gasteiger partial charge in [-0.25, -0.2) is 0 Å². The number of nitrogens with zero attached hydrogens (tertiary/aromatic N) is 1. The van der Waals surface area contributed by atoms with Crippen molar-refractivity contribution in [3.05, 3.63) is 35.4 Å². The zero-order valence-corrected chi connectivity index (χ0v) is 12.7. The van der Waals surface area contributed by atoms with Gasteiger partial charge in [0.25, 0.3) is 0 Å². The van der Waals surface area contributed by atoms with Gasteiger partial charge in [-0.05, 0) is 23.0 Å². The average molecular weight is 274 g/mol. The van der Waals surface area contributed by atoms with Crippen molar-refractivity contribution >= 4 is 0 Å². The Hall–Kier alpha value is -0.900. The minimum absolute atomic E-state index is 0.314. The Morgan fingerprint density at radius 3 is 2.80 bits per heavy atom. The van der Waals surface area contributed by atoms with Crippen LogP contribution in [0.5, 0.6) is 0 Å². The smallest absolute Gasteiger partial charge is 0.0594 e. The van der Waals surface area contributed by atoms with E-state index in [1.165, 1.54) is 17.5 Å². The van der Waals surface area contributed by atoms with Crippen molar-refractivity contribution in [3.8, 4) is 0 Å². The van der Waals surface area contributed by atoms with Gasteiger partial charge in [0.1, 0.15) is 0 Å². The van der Waals surface area contributed by atoms with Crippen molar-refractivity contribution in [3.63, 3.8) is 0 Å². The zero-order valence-electron chi connectivity index (χ0n) is 12.7. The first-order valence-electron chi connectivity index (χ1n) is 7.78. The summed E-state index contributed by atoms with van der Waals surface area (Å²) in [6, 6.07) is 9.37. The molecular weight excluding hydrogens is 248 g/mol. The number of morpholine rings is 1. The normalized spacial score (nSPS) is 25.6. The van der Waals surface area contributed by atoms with Gasteiger partial charge in [-0.2, -0.15) is 0 Å². The summed E-state index contributed by atoms with van der Waals surface area (Å²) in [4.78, 5) is 2.49. The van der Waals surface area contributed by atoms with Crippen LogP contribution in [0.25, 0.3) is 0 Å². The van der Waals surface area contributed by atoms with E-state index >= 15 is 0 Å². The van der Waals surface area contributed by atoms with Gasteiger partial charge >= 0.3 is 0 Å². The molecule has 0 saturated carbocycles. The Morgan fingerprint density at radius 2 is 2.00 bits per heavy atom. The quantitative estimate of drug-likeness (QED) is 0.911. The highest BCUT2D eigenvalue weighted by atomic mass is 16.5. The van der Waals surface area contributed by atoms with Crippen LogP contribution in [0.4, 0.5) is 0 Å². The highest BCUT2D eigenvalue weighted by Crippen LogP contribution is 2.44. The molecule has 3 nitrogen and oxygen atoms in total. The highest BCUT2D eigenvalue weighted by molar-refractivity contribution is 5.37. The average Bonchev–Trinajstić information content (AvgIpc) is 2.71. The van der Waals surface area contributed by atoms with Crippen LogP contribution < -0.4 is 5.32 Å². The van der Waals surface area contributed by atoms with E-state index in [0.29, 0.717) is 11.5 Å². The lowest BCUT2D eigenvalue weighted by Crippen LogP contribution is -2.42. The molecule has 110 valence electrons. The van der Waals surface area contributed by atoms with E-state index in [4.69, 9.17) is 4.74 Å². The fourth-order valence-corrected chi connectivity index (χ4v) is 3.57. The Balaban J connectivity index is 1.58. The second kappa shape index (κ2) is 5.84. The maximum atomic E-state index is 5.40. The van der Waals surface area contributed by atoms with Crippen molar-refractivity contribution in [1.29, 1.82) is 0 Å². The summed E-state index contributed by atoms with van der Waals surface area (Å²) < 4.78 is 5.40. The number of nitrogens with one attached hydrogen (secondary N) is 1. The van der Waals surface area contributed by atoms with Gasteiger partial charge in [0, 0.05) is 32.2 Å². The lowest BCUT2D eigenvalue weighted by atomic mass is 9.85. The van der Waals surface area contributed by atoms with E-state index < -0.39 is 0 Å². The molecule has 1 heterocycles. The van der Waals surface area contributed by atoms with Crippen LogP contribution in [-0.2, 0) is 11.2 Å². The molecule has 3 heteroatoms. The molecule has 1 aliphatic heterocycles. The molecule has 0 bridgehead atoms. The van der Waals surface area contributed by atoms with Crippen molar-refractivity contribution < 1.29 is 4.74 Å². The zero-order chi connectivity index (χ0) is 14.0. The molecule has 1 aromatic carbocycles. The SMILES string of the molecule is CC1(C)Cc2ccccc2C1NCCN1CCOCC1. The van der Waals surface area contributed by atoms with Gasteiger partial charge in [0.15, 0.2) is 0 Å². The van der Waals surface area contributed by atoms with Crippen LogP contribution in [-0.4, -0.2) is 44.3 Å². The summed E-state index contributed by atoms with van der Waals surface area (Å²) in [5.41, 5.74) is 3.33. The van der Waals surface area contributed by atoms with E-state index in [-0.39, 0.29) is 0 Å². The van der Waals surface area contributed by atoms with Crippen LogP contribution in [0.15, 0.2) is 24.3 Å². The highest BCUT2D eigenvalue weighted by Gasteiger charge is 2.38. The molecule has 0 radical (unpaired) electrons. The summed E-state index contributed by atoms with van der Waals surface area (Å²) in [5, 5.41) is 3.79. The molecule has 1 aromatic rings. The number of rotatable bonds is 4. The molecule has 1 atom stereocenters. The van der Waals surface area contributed by atoms with E-state index in [9.17, 15) is 0 Å². The summed E-state index contributed by atoms with van der Waals surface area (Å²) in [6.07, 6.45) is 1.18. The molecule has 0 spiro atoms. The van der Waals surface area contributed by atoms with Gasteiger partial charge in [-0.1, -0.05) is 38.1 Å². The molecule has 1 unspecified atom stereocenters. The van der Waals surface area contributed by atoms with Crippen LogP contribution in [0, 0.1) is 5.41 Å². The third-order valence-corrected chi connectivity index (χ3v) is 4.67. The van der Waals surface area contributed by atoms with E-state index in [1.54, 1.807) is 0 Å². The number of benzene rings is 1. The minimum atomic E-state index is 0.314. The second-order valence-electron chi connectivity index (χ2n) is 6.71. The Kier molecular flexibility index (Phi) is 4.11. The van der Waals surface area contributed by atoms with Gasteiger partial charge in [0.2, 0.25) is 0 Å². The van der Waals surface area contributed by atoms with E-state index in [2.05, 4.69) is 48.3 Å². The van der Waals surface area contributed by atoms with Crippen molar-refractivity contribution in [2.45, 2.75) is 26.3 Å². The summed E-state index contributed by atoms with van der Waals surface area (Å²) in [5.74, 6) is 0. The van der Waals surface area contributed by atoms with Crippen molar-refractivity contribution in [2.24, 2.45) is 5.41 Å². The minimum Gasteiger partial charge on any atom is -0.379 e. The number of fused-ring (bicyclic) bond motifs is 1. The Morgan fingerprint density at radius 1 is 1.25 bits per heavy atom. The third-order valence-electron chi connectivity index (χ3n) is 4.67. The van der Waals surface area contributed by atoms with Gasteiger partial charge < -0.3 is 10.1 Å². The van der Waals surface area contributed by atoms with Crippen LogP contribution in [0.3, 0.4) is 0 Å². The van der Waals surface area contributed by atoms with Crippen LogP contribution in [0.1, 0.15) is 31.0 Å². The summed E-state index contributed by atoms with van der Waals surface area (Å²) in [7, 11) is 0. The maximum Gasteiger partial charge on any atom is 0.0594 e. The molecule has 0 amide bonds. The monoisotopic (exact) mass is 274 g/mol. The predicted octanol–water partition coefficient (Wildman–Crippen LogP) is 2.23. The van der Waals surface area contributed by atoms with Crippen LogP contribution >= 0.6 is 0 Å². The standard InChI is InChI=1S/C17H26N2O/c1-17(2)13-14-5-3-4-6-15(14)16(17)18-7-8-19-9-11-20-12-10-19/h3-6,16,18H,7-13H2,1-2H3. The van der Waals surface area contributed by atoms with Crippen LogP contribution in [0.2, 0.25) is 0 Å². The van der Waals surface area contributed by atoms with Gasteiger partial charge in [0.05, 0.1) is 13.2 Å². The van der Waals surface area contributed by atoms with Gasteiger partial charge in [-0.15, -0.1) is 0 Å². The molecule has 2 aliphatic rings. The first-order chi connectivity index (χ1) is 9.67. The lowest BCUT2D eigenvalue weighted by molar-refractivity contribution is 0.0376. The number of hydrogen-bond acceptors (Lipinski definition) is 3. The van der Waals surface area contributed by atoms with Gasteiger partial charge in [-0.3, -0.25) is 4.90 Å².